The van der Waals surface area contributed by atoms with Gasteiger partial charge in [0.1, 0.15) is 0 Å². The Kier molecular flexibility index (Phi) is 3.86. The highest BCUT2D eigenvalue weighted by molar-refractivity contribution is 5.66. The average Bonchev–Trinajstić information content (AvgIpc) is 2.18. The second kappa shape index (κ2) is 4.94. The smallest absolute Gasteiger partial charge is 0.305 e. The zero-order valence-corrected chi connectivity index (χ0v) is 9.06. The molecule has 0 spiro atoms. The van der Waals surface area contributed by atoms with Gasteiger partial charge in [0.15, 0.2) is 0 Å². The lowest BCUT2D eigenvalue weighted by atomic mass is 10.0. The van der Waals surface area contributed by atoms with E-state index in [9.17, 15) is 9.90 Å². The molecule has 0 saturated carbocycles. The van der Waals surface area contributed by atoms with Crippen LogP contribution in [0.5, 0.6) is 0 Å². The SMILES string of the molecule is CCC(O)(Cc1ccccc1)OC(C)=O. The van der Waals surface area contributed by atoms with Crippen LogP contribution in [0.3, 0.4) is 0 Å². The first-order valence-corrected chi connectivity index (χ1v) is 5.01. The van der Waals surface area contributed by atoms with Crippen molar-refractivity contribution >= 4 is 5.97 Å². The number of rotatable bonds is 4. The summed E-state index contributed by atoms with van der Waals surface area (Å²) < 4.78 is 4.91. The molecule has 0 aliphatic carbocycles. The molecule has 0 aliphatic heterocycles. The molecule has 3 heteroatoms. The highest BCUT2D eigenvalue weighted by atomic mass is 16.7. The highest BCUT2D eigenvalue weighted by Gasteiger charge is 2.28. The van der Waals surface area contributed by atoms with Gasteiger partial charge in [0.2, 0.25) is 5.79 Å². The summed E-state index contributed by atoms with van der Waals surface area (Å²) >= 11 is 0. The first-order chi connectivity index (χ1) is 7.06. The Labute approximate surface area is 89.7 Å². The number of benzene rings is 1. The second-order valence-electron chi connectivity index (χ2n) is 3.56. The van der Waals surface area contributed by atoms with Crippen LogP contribution < -0.4 is 0 Å². The number of hydrogen-bond acceptors (Lipinski definition) is 3. The molecule has 0 fully saturated rings. The highest BCUT2D eigenvalue weighted by Crippen LogP contribution is 2.18. The van der Waals surface area contributed by atoms with Gasteiger partial charge in [-0.2, -0.15) is 0 Å². The van der Waals surface area contributed by atoms with Gasteiger partial charge in [0.05, 0.1) is 0 Å². The number of ether oxygens (including phenoxy) is 1. The summed E-state index contributed by atoms with van der Waals surface area (Å²) in [6.45, 7) is 3.08. The van der Waals surface area contributed by atoms with Crippen molar-refractivity contribution in [3.05, 3.63) is 35.9 Å². The van der Waals surface area contributed by atoms with Crippen molar-refractivity contribution in [1.29, 1.82) is 0 Å². The third-order valence-electron chi connectivity index (χ3n) is 2.21. The molecule has 1 rings (SSSR count). The maximum atomic E-state index is 10.8. The van der Waals surface area contributed by atoms with Crippen molar-refractivity contribution in [2.24, 2.45) is 0 Å². The van der Waals surface area contributed by atoms with Crippen LogP contribution in [0.1, 0.15) is 25.8 Å². The lowest BCUT2D eigenvalue weighted by molar-refractivity contribution is -0.207. The van der Waals surface area contributed by atoms with Crippen LogP contribution in [-0.2, 0) is 16.0 Å². The number of esters is 1. The summed E-state index contributed by atoms with van der Waals surface area (Å²) in [5, 5.41) is 10.0. The Hall–Kier alpha value is -1.35. The molecule has 15 heavy (non-hydrogen) atoms. The summed E-state index contributed by atoms with van der Waals surface area (Å²) in [4.78, 5) is 10.8. The molecule has 0 radical (unpaired) electrons. The molecule has 0 aliphatic rings. The molecule has 82 valence electrons. The fraction of sp³-hybridized carbons (Fsp3) is 0.417. The first kappa shape index (κ1) is 11.7. The zero-order valence-electron chi connectivity index (χ0n) is 9.06. The Balaban J connectivity index is 2.72. The van der Waals surface area contributed by atoms with E-state index in [1.807, 2.05) is 30.3 Å². The van der Waals surface area contributed by atoms with Gasteiger partial charge in [-0.05, 0) is 5.56 Å². The van der Waals surface area contributed by atoms with Gasteiger partial charge >= 0.3 is 5.97 Å². The summed E-state index contributed by atoms with van der Waals surface area (Å²) in [5.74, 6) is -1.84. The first-order valence-electron chi connectivity index (χ1n) is 5.01. The summed E-state index contributed by atoms with van der Waals surface area (Å²) in [5.41, 5.74) is 0.947. The molecule has 3 nitrogen and oxygen atoms in total. The molecule has 0 aromatic heterocycles. The number of aliphatic hydroxyl groups is 1. The topological polar surface area (TPSA) is 46.5 Å². The van der Waals surface area contributed by atoms with Gasteiger partial charge in [-0.3, -0.25) is 4.79 Å². The van der Waals surface area contributed by atoms with E-state index in [4.69, 9.17) is 4.74 Å². The monoisotopic (exact) mass is 208 g/mol. The molecule has 1 unspecified atom stereocenters. The van der Waals surface area contributed by atoms with Crippen LogP contribution in [-0.4, -0.2) is 16.9 Å². The number of carbonyl (C=O) groups is 1. The van der Waals surface area contributed by atoms with E-state index in [2.05, 4.69) is 0 Å². The molecule has 1 aromatic carbocycles. The van der Waals surface area contributed by atoms with Crippen LogP contribution in [0.4, 0.5) is 0 Å². The zero-order chi connectivity index (χ0) is 11.3. The van der Waals surface area contributed by atoms with E-state index < -0.39 is 11.8 Å². The molecule has 1 N–H and O–H groups in total. The Bertz CT molecular complexity index is 321. The minimum absolute atomic E-state index is 0.323. The van der Waals surface area contributed by atoms with Gasteiger partial charge in [-0.1, -0.05) is 37.3 Å². The summed E-state index contributed by atoms with van der Waals surface area (Å²) in [7, 11) is 0. The van der Waals surface area contributed by atoms with Crippen molar-refractivity contribution in [1.82, 2.24) is 0 Å². The van der Waals surface area contributed by atoms with Crippen LogP contribution >= 0.6 is 0 Å². The lowest BCUT2D eigenvalue weighted by Gasteiger charge is -2.26. The van der Waals surface area contributed by atoms with E-state index in [0.717, 1.165) is 5.56 Å². The average molecular weight is 208 g/mol. The molecule has 1 aromatic rings. The normalized spacial score (nSPS) is 14.3. The van der Waals surface area contributed by atoms with Crippen molar-refractivity contribution in [2.75, 3.05) is 0 Å². The van der Waals surface area contributed by atoms with Crippen molar-refractivity contribution in [3.63, 3.8) is 0 Å². The number of carbonyl (C=O) groups excluding carboxylic acids is 1. The second-order valence-corrected chi connectivity index (χ2v) is 3.56. The minimum Gasteiger partial charge on any atom is -0.433 e. The molecule has 0 bridgehead atoms. The van der Waals surface area contributed by atoms with Gasteiger partial charge in [0.25, 0.3) is 0 Å². The van der Waals surface area contributed by atoms with Crippen LogP contribution in [0.15, 0.2) is 30.3 Å². The minimum atomic E-state index is -1.38. The van der Waals surface area contributed by atoms with E-state index in [1.54, 1.807) is 6.92 Å². The van der Waals surface area contributed by atoms with Gasteiger partial charge in [0, 0.05) is 19.8 Å². The Morgan fingerprint density at radius 2 is 2.00 bits per heavy atom. The van der Waals surface area contributed by atoms with E-state index >= 15 is 0 Å². The van der Waals surface area contributed by atoms with Crippen LogP contribution in [0, 0.1) is 0 Å². The molecule has 0 saturated heterocycles. The van der Waals surface area contributed by atoms with Gasteiger partial charge in [-0.15, -0.1) is 0 Å². The maximum Gasteiger partial charge on any atom is 0.305 e. The van der Waals surface area contributed by atoms with Crippen molar-refractivity contribution < 1.29 is 14.6 Å². The summed E-state index contributed by atoms with van der Waals surface area (Å²) in [6.07, 6.45) is 0.700. The quantitative estimate of drug-likeness (QED) is 0.607. The molecular weight excluding hydrogens is 192 g/mol. The largest absolute Gasteiger partial charge is 0.433 e. The van der Waals surface area contributed by atoms with Gasteiger partial charge in [-0.25, -0.2) is 0 Å². The van der Waals surface area contributed by atoms with E-state index in [-0.39, 0.29) is 0 Å². The predicted octanol–water partition coefficient (Wildman–Crippen LogP) is 1.89. The molecular formula is C12H16O3. The fourth-order valence-corrected chi connectivity index (χ4v) is 1.42. The Morgan fingerprint density at radius 3 is 2.47 bits per heavy atom. The van der Waals surface area contributed by atoms with Crippen LogP contribution in [0.2, 0.25) is 0 Å². The van der Waals surface area contributed by atoms with Crippen molar-refractivity contribution in [3.8, 4) is 0 Å². The number of hydrogen-bond donors (Lipinski definition) is 1. The summed E-state index contributed by atoms with van der Waals surface area (Å²) in [6, 6.07) is 9.47. The molecule has 0 amide bonds. The van der Waals surface area contributed by atoms with Crippen molar-refractivity contribution in [2.45, 2.75) is 32.5 Å². The Morgan fingerprint density at radius 1 is 1.40 bits per heavy atom. The molecule has 0 heterocycles. The fourth-order valence-electron chi connectivity index (χ4n) is 1.42. The van der Waals surface area contributed by atoms with E-state index in [1.165, 1.54) is 6.92 Å². The lowest BCUT2D eigenvalue weighted by Crippen LogP contribution is -2.35. The third-order valence-corrected chi connectivity index (χ3v) is 2.21. The molecule has 1 atom stereocenters. The van der Waals surface area contributed by atoms with Gasteiger partial charge < -0.3 is 9.84 Å². The van der Waals surface area contributed by atoms with Crippen LogP contribution in [0.25, 0.3) is 0 Å². The third kappa shape index (κ3) is 3.72. The standard InChI is InChI=1S/C12H16O3/c1-3-12(14,15-10(2)13)9-11-7-5-4-6-8-11/h4-8,14H,3,9H2,1-2H3. The maximum absolute atomic E-state index is 10.8. The predicted molar refractivity (Wildman–Crippen MR) is 57.2 cm³/mol. The van der Waals surface area contributed by atoms with E-state index in [0.29, 0.717) is 12.8 Å².